The van der Waals surface area contributed by atoms with Gasteiger partial charge >= 0.3 is 12.0 Å². The number of carbonyl (C=O) groups excluding carboxylic acids is 5. The van der Waals surface area contributed by atoms with Crippen LogP contribution in [0, 0.1) is 17.3 Å². The minimum atomic E-state index is -1.09. The van der Waals surface area contributed by atoms with Crippen LogP contribution in [0.25, 0.3) is 33.4 Å². The van der Waals surface area contributed by atoms with E-state index in [0.29, 0.717) is 56.4 Å². The molecule has 4 aromatic rings. The maximum absolute atomic E-state index is 14.7. The third-order valence-corrected chi connectivity index (χ3v) is 15.3. The van der Waals surface area contributed by atoms with E-state index in [9.17, 15) is 24.0 Å². The summed E-state index contributed by atoms with van der Waals surface area (Å²) in [5.74, 6) is -1.40. The number of likely N-dealkylation sites (tertiary alicyclic amines) is 2. The number of likely N-dealkylation sites (N-methyl/N-ethyl adjacent to an activating group) is 2. The molecule has 70 heavy (non-hydrogen) atoms. The van der Waals surface area contributed by atoms with Gasteiger partial charge in [0.25, 0.3) is 5.91 Å². The average molecular weight is 979 g/mol. The Hall–Kier alpha value is -5.69. The van der Waals surface area contributed by atoms with Crippen molar-refractivity contribution >= 4 is 52.0 Å². The van der Waals surface area contributed by atoms with Gasteiger partial charge < -0.3 is 39.0 Å². The number of hydrogen-bond donors (Lipinski definition) is 2. The van der Waals surface area contributed by atoms with Crippen molar-refractivity contribution in [3.8, 4) is 22.5 Å². The summed E-state index contributed by atoms with van der Waals surface area (Å²) in [4.78, 5) is 86.9. The number of esters is 1. The van der Waals surface area contributed by atoms with Crippen molar-refractivity contribution in [2.24, 2.45) is 17.3 Å². The molecule has 0 unspecified atom stereocenters. The van der Waals surface area contributed by atoms with Crippen LogP contribution >= 0.6 is 11.3 Å². The smallest absolute Gasteiger partial charge is 0.324 e. The standard InChI is InChI=1S/C52H70N10O7S/c1-11-61-42-18-17-34-22-37(42)38(47(61)36-14-12-20-53-45(36)32(4)68-10)24-52(5,6)30-69-50(66)39-15-13-21-62(56-39)49(65)40(23-43-54-41(34)29-70-43)55-48(64)46(31(2)3)59(9)51(67)58(8)35-27-60(28-35)44(63)19-16-33-25-57(7)26-33/h12,14,16-20,22,29,31-33,35,39-40,46,56H,11,13,15,21,23-28,30H2,1-10H3,(H,55,64)/b19-16+/t32-,39-,40-,46-/m0/s1. The van der Waals surface area contributed by atoms with E-state index in [1.54, 1.807) is 43.3 Å². The molecule has 0 saturated carbocycles. The number of hydrogen-bond acceptors (Lipinski definition) is 12. The van der Waals surface area contributed by atoms with E-state index in [1.165, 1.54) is 21.2 Å². The Balaban J connectivity index is 1.08. The topological polar surface area (TPSA) is 175 Å². The number of carbonyl (C=O) groups is 5. The molecule has 5 amide bonds. The predicted molar refractivity (Wildman–Crippen MR) is 269 cm³/mol. The molecule has 8 rings (SSSR count). The van der Waals surface area contributed by atoms with Gasteiger partial charge in [-0.05, 0) is 82.0 Å². The van der Waals surface area contributed by atoms with E-state index in [2.05, 4.69) is 65.2 Å². The Labute approximate surface area is 415 Å². The summed E-state index contributed by atoms with van der Waals surface area (Å²) in [6.45, 7) is 15.8. The normalized spacial score (nSPS) is 21.2. The fourth-order valence-corrected chi connectivity index (χ4v) is 11.2. The van der Waals surface area contributed by atoms with Gasteiger partial charge in [0, 0.05) is 112 Å². The van der Waals surface area contributed by atoms with Crippen LogP contribution in [0.1, 0.15) is 76.8 Å². The minimum absolute atomic E-state index is 0.0717. The van der Waals surface area contributed by atoms with Gasteiger partial charge in [-0.3, -0.25) is 29.2 Å². The SMILES string of the molecule is CCn1c(-c2cccnc2[C@H](C)OC)c2c3cc(ccc31)-c1csc(n1)C[C@H](NC(=O)[C@H](C(C)C)N(C)C(=O)N(C)C1CN(C(=O)/C=C/C3CN(C)C3)C1)C(=O)N1CCC[C@H](N1)C(=O)OCC(C)(C)C2. The van der Waals surface area contributed by atoms with Gasteiger partial charge in [-0.2, -0.15) is 0 Å². The molecule has 0 aliphatic carbocycles. The second-order valence-electron chi connectivity index (χ2n) is 20.7. The number of urea groups is 1. The van der Waals surface area contributed by atoms with Crippen molar-refractivity contribution < 1.29 is 33.4 Å². The number of thiazole rings is 1. The Morgan fingerprint density at radius 3 is 2.56 bits per heavy atom. The maximum Gasteiger partial charge on any atom is 0.324 e. The number of aryl methyl sites for hydroxylation is 1. The van der Waals surface area contributed by atoms with Crippen LogP contribution in [0.15, 0.2) is 54.1 Å². The minimum Gasteiger partial charge on any atom is -0.464 e. The highest BCUT2D eigenvalue weighted by Gasteiger charge is 2.41. The van der Waals surface area contributed by atoms with Crippen LogP contribution in [0.3, 0.4) is 0 Å². The largest absolute Gasteiger partial charge is 0.464 e. The van der Waals surface area contributed by atoms with Crippen molar-refractivity contribution in [2.45, 2.75) is 104 Å². The van der Waals surface area contributed by atoms with Crippen molar-refractivity contribution in [1.29, 1.82) is 0 Å². The molecule has 4 atom stereocenters. The molecule has 6 bridgehead atoms. The molecule has 3 saturated heterocycles. The zero-order valence-electron chi connectivity index (χ0n) is 42.4. The Kier molecular flexibility index (Phi) is 15.2. The summed E-state index contributed by atoms with van der Waals surface area (Å²) in [5.41, 5.74) is 9.27. The summed E-state index contributed by atoms with van der Waals surface area (Å²) in [6.07, 6.45) is 6.78. The summed E-state index contributed by atoms with van der Waals surface area (Å²) >= 11 is 1.41. The number of hydrazine groups is 1. The molecule has 376 valence electrons. The van der Waals surface area contributed by atoms with Gasteiger partial charge in [0.2, 0.25) is 11.8 Å². The van der Waals surface area contributed by atoms with E-state index in [4.69, 9.17) is 19.4 Å². The van der Waals surface area contributed by atoms with Gasteiger partial charge in [0.1, 0.15) is 18.1 Å². The van der Waals surface area contributed by atoms with E-state index in [1.807, 2.05) is 45.3 Å². The number of nitrogens with zero attached hydrogens (tertiary/aromatic N) is 8. The van der Waals surface area contributed by atoms with Crippen LogP contribution in [0.5, 0.6) is 0 Å². The molecule has 4 aliphatic rings. The van der Waals surface area contributed by atoms with Crippen molar-refractivity contribution in [2.75, 3.05) is 67.6 Å². The van der Waals surface area contributed by atoms with Crippen molar-refractivity contribution in [3.63, 3.8) is 0 Å². The first-order chi connectivity index (χ1) is 33.4. The van der Waals surface area contributed by atoms with Gasteiger partial charge in [-0.15, -0.1) is 11.3 Å². The van der Waals surface area contributed by atoms with Gasteiger partial charge in [-0.1, -0.05) is 39.8 Å². The second kappa shape index (κ2) is 21.0. The number of benzene rings is 1. The molecule has 1 aromatic carbocycles. The second-order valence-corrected chi connectivity index (χ2v) is 21.6. The molecule has 3 aromatic heterocycles. The van der Waals surface area contributed by atoms with E-state index >= 15 is 0 Å². The van der Waals surface area contributed by atoms with Crippen molar-refractivity contribution in [3.05, 3.63) is 70.3 Å². The van der Waals surface area contributed by atoms with E-state index < -0.39 is 41.3 Å². The zero-order chi connectivity index (χ0) is 50.2. The van der Waals surface area contributed by atoms with E-state index in [-0.39, 0.29) is 43.0 Å². The molecular formula is C52H70N10O7S. The highest BCUT2D eigenvalue weighted by molar-refractivity contribution is 7.10. The van der Waals surface area contributed by atoms with Gasteiger partial charge in [0.05, 0.1) is 40.8 Å². The van der Waals surface area contributed by atoms with Gasteiger partial charge in [0.15, 0.2) is 0 Å². The Morgan fingerprint density at radius 1 is 1.10 bits per heavy atom. The summed E-state index contributed by atoms with van der Waals surface area (Å²) in [5, 5.41) is 8.12. The fourth-order valence-electron chi connectivity index (χ4n) is 10.3. The molecule has 0 radical (unpaired) electrons. The molecule has 4 aliphatic heterocycles. The van der Waals surface area contributed by atoms with Crippen LogP contribution in [-0.2, 0) is 48.0 Å². The molecule has 17 nitrogen and oxygen atoms in total. The number of rotatable bonds is 11. The van der Waals surface area contributed by atoms with E-state index in [0.717, 1.165) is 57.8 Å². The number of aromatic nitrogens is 3. The van der Waals surface area contributed by atoms with Gasteiger partial charge in [-0.25, -0.2) is 15.2 Å². The highest BCUT2D eigenvalue weighted by atomic mass is 32.1. The number of pyridine rings is 1. The molecule has 3 fully saturated rings. The lowest BCUT2D eigenvalue weighted by molar-refractivity contribution is -0.155. The fraction of sp³-hybridized carbons (Fsp3) is 0.558. The first kappa shape index (κ1) is 50.7. The Morgan fingerprint density at radius 2 is 1.86 bits per heavy atom. The monoisotopic (exact) mass is 979 g/mol. The lowest BCUT2D eigenvalue weighted by Gasteiger charge is -2.45. The summed E-state index contributed by atoms with van der Waals surface area (Å²) in [6, 6.07) is 7.02. The first-order valence-electron chi connectivity index (χ1n) is 24.7. The number of amides is 5. The van der Waals surface area contributed by atoms with Crippen LogP contribution in [0.4, 0.5) is 4.79 Å². The first-order valence-corrected chi connectivity index (χ1v) is 25.5. The lowest BCUT2D eigenvalue weighted by atomic mass is 9.84. The predicted octanol–water partition coefficient (Wildman–Crippen LogP) is 5.54. The molecule has 0 spiro atoms. The molecular weight excluding hydrogens is 909 g/mol. The highest BCUT2D eigenvalue weighted by Crippen LogP contribution is 2.42. The number of ether oxygens (including phenoxy) is 2. The summed E-state index contributed by atoms with van der Waals surface area (Å²) < 4.78 is 14.3. The molecule has 18 heteroatoms. The van der Waals surface area contributed by atoms with Crippen LogP contribution in [-0.4, -0.2) is 161 Å². The molecule has 2 N–H and O–H groups in total. The van der Waals surface area contributed by atoms with Crippen LogP contribution < -0.4 is 10.7 Å². The number of fused-ring (bicyclic) bond motifs is 6. The summed E-state index contributed by atoms with van der Waals surface area (Å²) in [7, 11) is 7.02. The lowest BCUT2D eigenvalue weighted by Crippen LogP contribution is -2.65. The third-order valence-electron chi connectivity index (χ3n) is 14.4. The Bertz CT molecular complexity index is 2630. The number of methoxy groups -OCH3 is 1. The number of nitrogens with one attached hydrogen (secondary N) is 2. The quantitative estimate of drug-likeness (QED) is 0.143. The van der Waals surface area contributed by atoms with Crippen molar-refractivity contribution in [1.82, 2.24) is 49.9 Å². The third kappa shape index (κ3) is 10.5. The maximum atomic E-state index is 14.7. The number of cyclic esters (lactones) is 1. The van der Waals surface area contributed by atoms with Crippen LogP contribution in [0.2, 0.25) is 0 Å². The average Bonchev–Trinajstić information content (AvgIpc) is 3.91. The zero-order valence-corrected chi connectivity index (χ0v) is 43.2. The molecule has 7 heterocycles.